The van der Waals surface area contributed by atoms with Crippen molar-refractivity contribution in [1.29, 1.82) is 0 Å². The molecular formula is C24H31FN4O3. The zero-order valence-electron chi connectivity index (χ0n) is 18.6. The van der Waals surface area contributed by atoms with E-state index in [1.807, 2.05) is 18.2 Å². The van der Waals surface area contributed by atoms with E-state index < -0.39 is 36.1 Å². The highest BCUT2D eigenvalue weighted by Crippen LogP contribution is 2.30. The molecule has 1 aromatic rings. The summed E-state index contributed by atoms with van der Waals surface area (Å²) in [6.07, 6.45) is 6.67. The first-order valence-electron chi connectivity index (χ1n) is 11.1. The number of alkyl halides is 1. The number of likely N-dealkylation sites (N-methyl/N-ethyl adjacent to an activating group) is 1. The highest BCUT2D eigenvalue weighted by atomic mass is 19.1. The van der Waals surface area contributed by atoms with Crippen molar-refractivity contribution in [2.75, 3.05) is 13.6 Å². The Labute approximate surface area is 188 Å². The fraction of sp³-hybridized carbons (Fsp3) is 0.542. The van der Waals surface area contributed by atoms with Gasteiger partial charge in [0.1, 0.15) is 18.3 Å². The summed E-state index contributed by atoms with van der Waals surface area (Å²) in [6.45, 7) is 1.45. The monoisotopic (exact) mass is 442 g/mol. The molecule has 1 saturated heterocycles. The molecule has 0 saturated carbocycles. The lowest BCUT2D eigenvalue weighted by Crippen LogP contribution is -2.55. The van der Waals surface area contributed by atoms with Gasteiger partial charge in [-0.1, -0.05) is 24.3 Å². The van der Waals surface area contributed by atoms with Crippen LogP contribution in [0.15, 0.2) is 24.3 Å². The molecule has 1 aromatic carbocycles. The van der Waals surface area contributed by atoms with E-state index in [2.05, 4.69) is 27.9 Å². The van der Waals surface area contributed by atoms with Crippen molar-refractivity contribution in [2.45, 2.75) is 69.4 Å². The average Bonchev–Trinajstić information content (AvgIpc) is 3.19. The summed E-state index contributed by atoms with van der Waals surface area (Å²) in [5.41, 5.74) is 2.26. The van der Waals surface area contributed by atoms with Gasteiger partial charge in [-0.2, -0.15) is 0 Å². The molecule has 1 aliphatic carbocycles. The van der Waals surface area contributed by atoms with Crippen LogP contribution in [-0.4, -0.2) is 60.5 Å². The minimum Gasteiger partial charge on any atom is -0.347 e. The van der Waals surface area contributed by atoms with Gasteiger partial charge in [0.25, 0.3) is 0 Å². The lowest BCUT2D eigenvalue weighted by atomic mass is 9.87. The van der Waals surface area contributed by atoms with Gasteiger partial charge in [-0.3, -0.25) is 14.4 Å². The van der Waals surface area contributed by atoms with Crippen molar-refractivity contribution in [1.82, 2.24) is 20.9 Å². The van der Waals surface area contributed by atoms with Crippen LogP contribution >= 0.6 is 0 Å². The summed E-state index contributed by atoms with van der Waals surface area (Å²) in [5.74, 6) is 1.08. The summed E-state index contributed by atoms with van der Waals surface area (Å²) in [5, 5.41) is 8.44. The third-order valence-electron chi connectivity index (χ3n) is 6.28. The van der Waals surface area contributed by atoms with Gasteiger partial charge in [-0.05, 0) is 44.4 Å². The number of fused-ring (bicyclic) bond motifs is 1. The third kappa shape index (κ3) is 5.28. The standard InChI is InChI=1S/C24H31FN4O3/c1-4-8-20(28-22(30)15(2)26-3)24(32)29-14-17(25)13-21(29)23(31)27-19-12-7-10-16-9-5-6-11-18(16)19/h1,5-6,9,11,15,17,19-21,26H,7-8,10,12-14H2,2-3H3,(H,27,31)(H,28,30)/t15-,17-,19+,20-,21-/m0/s1. The SMILES string of the molecule is C#CC[C@H](NC(=O)[C@H](C)NC)C(=O)N1C[C@@H](F)C[C@H]1C(=O)N[C@@H]1CCCc2ccccc21. The molecule has 0 radical (unpaired) electrons. The van der Waals surface area contributed by atoms with E-state index in [1.165, 1.54) is 10.5 Å². The number of terminal acetylenes is 1. The second-order valence-corrected chi connectivity index (χ2v) is 8.47. The number of rotatable bonds is 7. The predicted octanol–water partition coefficient (Wildman–Crippen LogP) is 1.24. The molecule has 0 aromatic heterocycles. The Balaban J connectivity index is 1.73. The van der Waals surface area contributed by atoms with Gasteiger partial charge < -0.3 is 20.9 Å². The van der Waals surface area contributed by atoms with Crippen LogP contribution in [0.4, 0.5) is 4.39 Å². The Hall–Kier alpha value is -2.92. The molecule has 8 heteroatoms. The molecule has 1 aliphatic heterocycles. The quantitative estimate of drug-likeness (QED) is 0.554. The van der Waals surface area contributed by atoms with Gasteiger partial charge in [-0.15, -0.1) is 12.3 Å². The van der Waals surface area contributed by atoms with E-state index in [-0.39, 0.29) is 31.3 Å². The van der Waals surface area contributed by atoms with Gasteiger partial charge in [0.05, 0.1) is 18.6 Å². The Morgan fingerprint density at radius 2 is 2.06 bits per heavy atom. The number of benzene rings is 1. The molecule has 0 bridgehead atoms. The topological polar surface area (TPSA) is 90.5 Å². The number of hydrogen-bond acceptors (Lipinski definition) is 4. The second-order valence-electron chi connectivity index (χ2n) is 8.47. The normalized spacial score (nSPS) is 24.1. The number of hydrogen-bond donors (Lipinski definition) is 3. The van der Waals surface area contributed by atoms with Gasteiger partial charge in [0.15, 0.2) is 0 Å². The molecule has 1 fully saturated rings. The number of carbonyl (C=O) groups excluding carboxylic acids is 3. The predicted molar refractivity (Wildman–Crippen MR) is 119 cm³/mol. The number of carbonyl (C=O) groups is 3. The van der Waals surface area contributed by atoms with Crippen LogP contribution in [0.1, 0.15) is 49.8 Å². The van der Waals surface area contributed by atoms with Crippen LogP contribution in [0.5, 0.6) is 0 Å². The number of amides is 3. The summed E-state index contributed by atoms with van der Waals surface area (Å²) in [7, 11) is 1.63. The Bertz CT molecular complexity index is 899. The average molecular weight is 443 g/mol. The van der Waals surface area contributed by atoms with Crippen LogP contribution in [0, 0.1) is 12.3 Å². The smallest absolute Gasteiger partial charge is 0.246 e. The molecule has 0 spiro atoms. The van der Waals surface area contributed by atoms with E-state index in [9.17, 15) is 18.8 Å². The van der Waals surface area contributed by atoms with E-state index in [1.54, 1.807) is 14.0 Å². The largest absolute Gasteiger partial charge is 0.347 e. The summed E-state index contributed by atoms with van der Waals surface area (Å²) in [4.78, 5) is 39.8. The zero-order valence-corrected chi connectivity index (χ0v) is 18.6. The number of nitrogens with zero attached hydrogens (tertiary/aromatic N) is 1. The van der Waals surface area contributed by atoms with Crippen LogP contribution in [0.2, 0.25) is 0 Å². The minimum atomic E-state index is -1.31. The maximum Gasteiger partial charge on any atom is 0.246 e. The van der Waals surface area contributed by atoms with Gasteiger partial charge in [0.2, 0.25) is 17.7 Å². The van der Waals surface area contributed by atoms with Crippen molar-refractivity contribution >= 4 is 17.7 Å². The highest BCUT2D eigenvalue weighted by Gasteiger charge is 2.43. The number of halogens is 1. The Morgan fingerprint density at radius 3 is 2.78 bits per heavy atom. The summed E-state index contributed by atoms with van der Waals surface area (Å²) < 4.78 is 14.3. The number of nitrogens with one attached hydrogen (secondary N) is 3. The number of aryl methyl sites for hydroxylation is 1. The maximum atomic E-state index is 14.3. The molecule has 0 unspecified atom stereocenters. The first kappa shape index (κ1) is 23.7. The molecule has 2 aliphatic rings. The number of likely N-dealkylation sites (tertiary alicyclic amines) is 1. The van der Waals surface area contributed by atoms with Crippen molar-refractivity contribution in [3.63, 3.8) is 0 Å². The fourth-order valence-electron chi connectivity index (χ4n) is 4.39. The molecule has 5 atom stereocenters. The second kappa shape index (κ2) is 10.6. The molecule has 3 amide bonds. The van der Waals surface area contributed by atoms with Crippen molar-refractivity contribution < 1.29 is 18.8 Å². The van der Waals surface area contributed by atoms with E-state index in [0.717, 1.165) is 24.8 Å². The van der Waals surface area contributed by atoms with Crippen molar-refractivity contribution in [2.24, 2.45) is 0 Å². The molecule has 3 N–H and O–H groups in total. The molecule has 3 rings (SSSR count). The van der Waals surface area contributed by atoms with E-state index >= 15 is 0 Å². The molecule has 172 valence electrons. The fourth-order valence-corrected chi connectivity index (χ4v) is 4.39. The van der Waals surface area contributed by atoms with Gasteiger partial charge in [-0.25, -0.2) is 4.39 Å². The lowest BCUT2D eigenvalue weighted by Gasteiger charge is -2.31. The lowest BCUT2D eigenvalue weighted by molar-refractivity contribution is -0.141. The minimum absolute atomic E-state index is 0.0429. The van der Waals surface area contributed by atoms with Crippen molar-refractivity contribution in [3.05, 3.63) is 35.4 Å². The molecule has 1 heterocycles. The van der Waals surface area contributed by atoms with Gasteiger partial charge in [0, 0.05) is 12.8 Å². The van der Waals surface area contributed by atoms with Crippen molar-refractivity contribution in [3.8, 4) is 12.3 Å². The summed E-state index contributed by atoms with van der Waals surface area (Å²) in [6, 6.07) is 5.31. The summed E-state index contributed by atoms with van der Waals surface area (Å²) >= 11 is 0. The van der Waals surface area contributed by atoms with Crippen LogP contribution in [0.25, 0.3) is 0 Å². The van der Waals surface area contributed by atoms with E-state index in [4.69, 9.17) is 6.42 Å². The first-order valence-corrected chi connectivity index (χ1v) is 11.1. The molecule has 7 nitrogen and oxygen atoms in total. The van der Waals surface area contributed by atoms with Crippen LogP contribution < -0.4 is 16.0 Å². The molecule has 32 heavy (non-hydrogen) atoms. The first-order chi connectivity index (χ1) is 15.3. The Kier molecular flexibility index (Phi) is 7.86. The van der Waals surface area contributed by atoms with Crippen LogP contribution in [0.3, 0.4) is 0 Å². The Morgan fingerprint density at radius 1 is 1.31 bits per heavy atom. The van der Waals surface area contributed by atoms with Gasteiger partial charge >= 0.3 is 0 Å². The van der Waals surface area contributed by atoms with Crippen LogP contribution in [-0.2, 0) is 20.8 Å². The highest BCUT2D eigenvalue weighted by molar-refractivity contribution is 5.93. The molecular weight excluding hydrogens is 411 g/mol. The maximum absolute atomic E-state index is 14.3. The third-order valence-corrected chi connectivity index (χ3v) is 6.28. The zero-order chi connectivity index (χ0) is 23.3. The van der Waals surface area contributed by atoms with E-state index in [0.29, 0.717) is 0 Å².